The first-order valence-corrected chi connectivity index (χ1v) is 6.74. The van der Waals surface area contributed by atoms with Crippen LogP contribution in [0, 0.1) is 5.41 Å². The maximum atomic E-state index is 11.8. The van der Waals surface area contributed by atoms with Crippen molar-refractivity contribution in [2.75, 3.05) is 5.75 Å². The van der Waals surface area contributed by atoms with E-state index in [1.54, 1.807) is 18.7 Å². The van der Waals surface area contributed by atoms with Gasteiger partial charge in [-0.3, -0.25) is 9.59 Å². The SMILES string of the molecule is CCC(C)SCC1(CC)C(=O)N=C([O-])NC1=O.[Na+]. The molecular formula is C11H17N2NaO3S. The summed E-state index contributed by atoms with van der Waals surface area (Å²) in [6, 6.07) is -0.849. The molecule has 5 nitrogen and oxygen atoms in total. The molecule has 0 radical (unpaired) electrons. The van der Waals surface area contributed by atoms with E-state index in [0.717, 1.165) is 6.42 Å². The van der Waals surface area contributed by atoms with E-state index < -0.39 is 23.3 Å². The van der Waals surface area contributed by atoms with Gasteiger partial charge in [-0.25, -0.2) is 4.99 Å². The molecule has 0 saturated heterocycles. The van der Waals surface area contributed by atoms with E-state index in [1.807, 2.05) is 13.8 Å². The molecule has 0 aromatic carbocycles. The number of amidine groups is 1. The smallest absolute Gasteiger partial charge is 0.846 e. The Morgan fingerprint density at radius 1 is 1.44 bits per heavy atom. The monoisotopic (exact) mass is 280 g/mol. The Kier molecular flexibility index (Phi) is 7.51. The van der Waals surface area contributed by atoms with Gasteiger partial charge in [-0.1, -0.05) is 20.8 Å². The standard InChI is InChI=1S/C11H18N2O3S.Na/c1-4-7(3)17-6-11(5-2)8(14)12-10(16)13-9(11)15;/h7H,4-6H2,1-3H3,(H2,12,13,14,15,16);/q;+1/p-1. The Bertz CT molecular complexity index is 362. The fourth-order valence-corrected chi connectivity index (χ4v) is 2.75. The van der Waals surface area contributed by atoms with Crippen LogP contribution in [0.3, 0.4) is 0 Å². The van der Waals surface area contributed by atoms with Gasteiger partial charge in [0.15, 0.2) is 0 Å². The zero-order chi connectivity index (χ0) is 13.1. The van der Waals surface area contributed by atoms with Gasteiger partial charge in [-0.15, -0.1) is 0 Å². The fraction of sp³-hybridized carbons (Fsp3) is 0.727. The zero-order valence-corrected chi connectivity index (χ0v) is 14.1. The van der Waals surface area contributed by atoms with Crippen LogP contribution in [0.5, 0.6) is 0 Å². The van der Waals surface area contributed by atoms with E-state index in [4.69, 9.17) is 0 Å². The maximum Gasteiger partial charge on any atom is 1.00 e. The Morgan fingerprint density at radius 3 is 2.50 bits per heavy atom. The van der Waals surface area contributed by atoms with Crippen molar-refractivity contribution in [3.8, 4) is 0 Å². The minimum Gasteiger partial charge on any atom is -0.846 e. The predicted molar refractivity (Wildman–Crippen MR) is 65.5 cm³/mol. The van der Waals surface area contributed by atoms with Gasteiger partial charge in [0.25, 0.3) is 5.91 Å². The summed E-state index contributed by atoms with van der Waals surface area (Å²) in [6.07, 6.45) is 1.33. The third-order valence-corrected chi connectivity index (χ3v) is 4.62. The molecule has 1 heterocycles. The molecule has 0 fully saturated rings. The predicted octanol–water partition coefficient (Wildman–Crippen LogP) is -2.71. The molecule has 2 atom stereocenters. The summed E-state index contributed by atoms with van der Waals surface area (Å²) in [6.45, 7) is 5.86. The summed E-state index contributed by atoms with van der Waals surface area (Å²) in [5.74, 6) is -0.745. The third kappa shape index (κ3) is 3.73. The maximum absolute atomic E-state index is 11.8. The first kappa shape index (κ1) is 18.0. The minimum atomic E-state index is -1.16. The van der Waals surface area contributed by atoms with Crippen molar-refractivity contribution >= 4 is 29.6 Å². The quantitative estimate of drug-likeness (QED) is 0.438. The summed E-state index contributed by atoms with van der Waals surface area (Å²) in [7, 11) is 0. The second-order valence-corrected chi connectivity index (χ2v) is 5.57. The van der Waals surface area contributed by atoms with Gasteiger partial charge in [-0.05, 0) is 12.8 Å². The molecule has 0 spiro atoms. The molecule has 0 aliphatic carbocycles. The largest absolute Gasteiger partial charge is 1.00 e. The molecule has 2 amide bonds. The number of rotatable bonds is 5. The van der Waals surface area contributed by atoms with Gasteiger partial charge in [0.05, 0.1) is 6.02 Å². The third-order valence-electron chi connectivity index (χ3n) is 3.06. The molecule has 7 heteroatoms. The van der Waals surface area contributed by atoms with Crippen molar-refractivity contribution in [1.82, 2.24) is 5.32 Å². The molecule has 2 unspecified atom stereocenters. The Hall–Kier alpha value is -0.0400. The van der Waals surface area contributed by atoms with E-state index in [1.165, 1.54) is 0 Å². The van der Waals surface area contributed by atoms with Crippen LogP contribution in [0.15, 0.2) is 4.99 Å². The van der Waals surface area contributed by atoms with Crippen molar-refractivity contribution in [2.24, 2.45) is 10.4 Å². The molecule has 1 aliphatic heterocycles. The van der Waals surface area contributed by atoms with Crippen molar-refractivity contribution in [3.05, 3.63) is 0 Å². The molecule has 0 bridgehead atoms. The average Bonchev–Trinajstić information content (AvgIpc) is 2.28. The molecule has 0 saturated carbocycles. The van der Waals surface area contributed by atoms with Gasteiger partial charge >= 0.3 is 29.6 Å². The summed E-state index contributed by atoms with van der Waals surface area (Å²) in [5.41, 5.74) is -1.16. The fourth-order valence-electron chi connectivity index (χ4n) is 1.48. The number of carbonyl (C=O) groups excluding carboxylic acids is 2. The number of nitrogens with zero attached hydrogens (tertiary/aromatic N) is 1. The van der Waals surface area contributed by atoms with Crippen LogP contribution in [0.1, 0.15) is 33.6 Å². The topological polar surface area (TPSA) is 81.6 Å². The van der Waals surface area contributed by atoms with Crippen LogP contribution in [0.4, 0.5) is 0 Å². The second kappa shape index (κ2) is 7.53. The molecule has 18 heavy (non-hydrogen) atoms. The van der Waals surface area contributed by atoms with Crippen molar-refractivity contribution in [3.63, 3.8) is 0 Å². The van der Waals surface area contributed by atoms with Crippen LogP contribution in [-0.4, -0.2) is 28.8 Å². The molecule has 1 rings (SSSR count). The van der Waals surface area contributed by atoms with Crippen molar-refractivity contribution in [2.45, 2.75) is 38.9 Å². The number of carbonyl (C=O) groups is 2. The Morgan fingerprint density at radius 2 is 2.06 bits per heavy atom. The Labute approximate surface area is 133 Å². The number of hydrogen-bond acceptors (Lipinski definition) is 4. The van der Waals surface area contributed by atoms with E-state index >= 15 is 0 Å². The summed E-state index contributed by atoms with van der Waals surface area (Å²) < 4.78 is 0. The van der Waals surface area contributed by atoms with E-state index in [-0.39, 0.29) is 29.6 Å². The minimum absolute atomic E-state index is 0. The number of nitrogens with one attached hydrogen (secondary N) is 1. The van der Waals surface area contributed by atoms with Crippen molar-refractivity contribution < 1.29 is 44.3 Å². The molecule has 0 aromatic heterocycles. The van der Waals surface area contributed by atoms with Crippen molar-refractivity contribution in [1.29, 1.82) is 0 Å². The van der Waals surface area contributed by atoms with Crippen LogP contribution < -0.4 is 40.0 Å². The normalized spacial score (nSPS) is 24.9. The van der Waals surface area contributed by atoms with Crippen LogP contribution in [0.2, 0.25) is 0 Å². The first-order chi connectivity index (χ1) is 7.96. The van der Waals surface area contributed by atoms with Gasteiger partial charge in [0, 0.05) is 11.0 Å². The number of aliphatic imine (C=N–C) groups is 1. The molecule has 1 aliphatic rings. The zero-order valence-electron chi connectivity index (χ0n) is 11.3. The first-order valence-electron chi connectivity index (χ1n) is 5.69. The molecule has 1 N–H and O–H groups in total. The van der Waals surface area contributed by atoms with E-state index in [0.29, 0.717) is 17.4 Å². The summed E-state index contributed by atoms with van der Waals surface area (Å²) in [5, 5.41) is 13.4. The summed E-state index contributed by atoms with van der Waals surface area (Å²) in [4.78, 5) is 27.0. The molecule has 96 valence electrons. The van der Waals surface area contributed by atoms with Gasteiger partial charge in [0.1, 0.15) is 5.41 Å². The van der Waals surface area contributed by atoms with Gasteiger partial charge in [0.2, 0.25) is 5.91 Å². The summed E-state index contributed by atoms with van der Waals surface area (Å²) >= 11 is 1.56. The average molecular weight is 280 g/mol. The van der Waals surface area contributed by atoms with Crippen LogP contribution in [-0.2, 0) is 9.59 Å². The number of thioether (sulfide) groups is 1. The van der Waals surface area contributed by atoms with E-state index in [9.17, 15) is 14.7 Å². The second-order valence-electron chi connectivity index (χ2n) is 4.14. The molecular weight excluding hydrogens is 263 g/mol. The Balaban J connectivity index is 0.00000289. The van der Waals surface area contributed by atoms with Crippen LogP contribution >= 0.6 is 11.8 Å². The molecule has 0 aromatic rings. The number of amides is 2. The van der Waals surface area contributed by atoms with Crippen LogP contribution in [0.25, 0.3) is 0 Å². The number of hydrogen-bond donors (Lipinski definition) is 1. The van der Waals surface area contributed by atoms with E-state index in [2.05, 4.69) is 10.3 Å². The van der Waals surface area contributed by atoms with Gasteiger partial charge in [-0.2, -0.15) is 11.8 Å². The van der Waals surface area contributed by atoms with Gasteiger partial charge < -0.3 is 10.4 Å².